The van der Waals surface area contributed by atoms with Gasteiger partial charge in [-0.05, 0) is 43.4 Å². The minimum Gasteiger partial charge on any atom is -0.367 e. The van der Waals surface area contributed by atoms with Gasteiger partial charge in [0.25, 0.3) is 0 Å². The molecule has 1 heterocycles. The fourth-order valence-corrected chi connectivity index (χ4v) is 4.15. The van der Waals surface area contributed by atoms with Gasteiger partial charge in [-0.25, -0.2) is 23.5 Å². The van der Waals surface area contributed by atoms with Crippen molar-refractivity contribution in [1.29, 1.82) is 0 Å². The molecule has 3 N–H and O–H groups in total. The number of nitrogens with zero attached hydrogens (tertiary/aromatic N) is 2. The maximum atomic E-state index is 11.2. The molecule has 1 aliphatic rings. The molecular formula is C14H17ClN4O2S. The first kappa shape index (κ1) is 15.5. The van der Waals surface area contributed by atoms with Crippen LogP contribution in [0, 0.1) is 5.92 Å². The van der Waals surface area contributed by atoms with Gasteiger partial charge in [-0.2, -0.15) is 0 Å². The molecule has 6 nitrogen and oxygen atoms in total. The van der Waals surface area contributed by atoms with Crippen molar-refractivity contribution in [3.63, 3.8) is 0 Å². The molecule has 1 saturated carbocycles. The van der Waals surface area contributed by atoms with Crippen LogP contribution in [0.2, 0.25) is 5.02 Å². The van der Waals surface area contributed by atoms with Crippen molar-refractivity contribution in [1.82, 2.24) is 9.97 Å². The number of sulfonamides is 1. The number of nitrogens with one attached hydrogen (secondary N) is 1. The van der Waals surface area contributed by atoms with Gasteiger partial charge < -0.3 is 5.32 Å². The molecule has 0 radical (unpaired) electrons. The quantitative estimate of drug-likeness (QED) is 0.888. The van der Waals surface area contributed by atoms with Crippen LogP contribution in [-0.2, 0) is 10.0 Å². The standard InChI is InChI=1S/C14H17ClN4O2S/c15-10-2-4-12-13(6-10)17-8-18-14(12)19-11-3-1-9(5-11)7-22(16,20)21/h2,4,6,8-9,11H,1,3,5,7H2,(H2,16,20,21)(H,17,18,19)/t9-,11+/m1/s1. The summed E-state index contributed by atoms with van der Waals surface area (Å²) in [5, 5.41) is 10.0. The number of aromatic nitrogens is 2. The average Bonchev–Trinajstić information content (AvgIpc) is 2.83. The number of rotatable bonds is 4. The second-order valence-corrected chi connectivity index (χ2v) is 7.83. The molecule has 3 rings (SSSR count). The summed E-state index contributed by atoms with van der Waals surface area (Å²) in [5.74, 6) is 0.906. The summed E-state index contributed by atoms with van der Waals surface area (Å²) >= 11 is 5.97. The van der Waals surface area contributed by atoms with Gasteiger partial charge in [0, 0.05) is 16.5 Å². The monoisotopic (exact) mass is 340 g/mol. The van der Waals surface area contributed by atoms with Crippen LogP contribution >= 0.6 is 11.6 Å². The molecule has 118 valence electrons. The van der Waals surface area contributed by atoms with Gasteiger partial charge in [0.15, 0.2) is 0 Å². The summed E-state index contributed by atoms with van der Waals surface area (Å²) in [5.41, 5.74) is 0.782. The topological polar surface area (TPSA) is 98.0 Å². The van der Waals surface area contributed by atoms with Gasteiger partial charge in [-0.1, -0.05) is 11.6 Å². The molecule has 1 fully saturated rings. The third-order valence-electron chi connectivity index (χ3n) is 3.95. The lowest BCUT2D eigenvalue weighted by Gasteiger charge is -2.15. The predicted molar refractivity (Wildman–Crippen MR) is 87.3 cm³/mol. The van der Waals surface area contributed by atoms with Crippen LogP contribution in [0.1, 0.15) is 19.3 Å². The molecule has 0 bridgehead atoms. The van der Waals surface area contributed by atoms with E-state index in [9.17, 15) is 8.42 Å². The largest absolute Gasteiger partial charge is 0.367 e. The Labute approximate surface area is 134 Å². The van der Waals surface area contributed by atoms with Crippen molar-refractivity contribution in [3.8, 4) is 0 Å². The fourth-order valence-electron chi connectivity index (χ4n) is 3.02. The zero-order valence-electron chi connectivity index (χ0n) is 11.9. The Morgan fingerprint density at radius 1 is 1.32 bits per heavy atom. The Balaban J connectivity index is 1.75. The normalized spacial score (nSPS) is 22.1. The summed E-state index contributed by atoms with van der Waals surface area (Å²) in [6.07, 6.45) is 4.02. The summed E-state index contributed by atoms with van der Waals surface area (Å²) in [7, 11) is -3.41. The lowest BCUT2D eigenvalue weighted by atomic mass is 10.1. The molecule has 0 spiro atoms. The number of benzene rings is 1. The van der Waals surface area contributed by atoms with Gasteiger partial charge in [0.1, 0.15) is 12.1 Å². The number of hydrogen-bond donors (Lipinski definition) is 2. The van der Waals surface area contributed by atoms with Crippen molar-refractivity contribution < 1.29 is 8.42 Å². The minimum atomic E-state index is -3.41. The highest BCUT2D eigenvalue weighted by molar-refractivity contribution is 7.89. The smallest absolute Gasteiger partial charge is 0.209 e. The van der Waals surface area contributed by atoms with Crippen molar-refractivity contribution >= 4 is 38.3 Å². The molecule has 0 amide bonds. The van der Waals surface area contributed by atoms with Gasteiger partial charge in [0.05, 0.1) is 11.3 Å². The van der Waals surface area contributed by atoms with E-state index >= 15 is 0 Å². The molecule has 1 aromatic heterocycles. The first-order chi connectivity index (χ1) is 10.4. The van der Waals surface area contributed by atoms with Crippen molar-refractivity contribution in [3.05, 3.63) is 29.5 Å². The summed E-state index contributed by atoms with van der Waals surface area (Å²) < 4.78 is 22.4. The third kappa shape index (κ3) is 3.66. The van der Waals surface area contributed by atoms with Crippen LogP contribution in [-0.4, -0.2) is 30.2 Å². The minimum absolute atomic E-state index is 0.0469. The van der Waals surface area contributed by atoms with Crippen molar-refractivity contribution in [2.24, 2.45) is 11.1 Å². The van der Waals surface area contributed by atoms with E-state index in [4.69, 9.17) is 16.7 Å². The Bertz CT molecular complexity index is 797. The van der Waals surface area contributed by atoms with Crippen LogP contribution < -0.4 is 10.5 Å². The first-order valence-corrected chi connectivity index (χ1v) is 9.17. The van der Waals surface area contributed by atoms with E-state index in [-0.39, 0.29) is 17.7 Å². The lowest BCUT2D eigenvalue weighted by molar-refractivity contribution is 0.557. The maximum Gasteiger partial charge on any atom is 0.209 e. The van der Waals surface area contributed by atoms with Crippen LogP contribution in [0.4, 0.5) is 5.82 Å². The summed E-state index contributed by atoms with van der Waals surface area (Å²) in [4.78, 5) is 8.50. The van der Waals surface area contributed by atoms with E-state index in [0.29, 0.717) is 5.02 Å². The molecule has 0 aliphatic heterocycles. The first-order valence-electron chi connectivity index (χ1n) is 7.08. The zero-order valence-corrected chi connectivity index (χ0v) is 13.4. The SMILES string of the molecule is NS(=O)(=O)C[C@@H]1CC[C@H](Nc2ncnc3cc(Cl)ccc23)C1. The molecule has 1 aromatic carbocycles. The van der Waals surface area contributed by atoms with Crippen LogP contribution in [0.3, 0.4) is 0 Å². The molecule has 1 aliphatic carbocycles. The number of anilines is 1. The van der Waals surface area contributed by atoms with E-state index in [2.05, 4.69) is 15.3 Å². The van der Waals surface area contributed by atoms with Gasteiger partial charge in [-0.3, -0.25) is 0 Å². The zero-order chi connectivity index (χ0) is 15.7. The average molecular weight is 341 g/mol. The van der Waals surface area contributed by atoms with Gasteiger partial charge in [0.2, 0.25) is 10.0 Å². The molecule has 0 unspecified atom stereocenters. The maximum absolute atomic E-state index is 11.2. The number of nitrogens with two attached hydrogens (primary N) is 1. The number of halogens is 1. The van der Waals surface area contributed by atoms with Crippen molar-refractivity contribution in [2.75, 3.05) is 11.1 Å². The van der Waals surface area contributed by atoms with E-state index in [0.717, 1.165) is 36.0 Å². The second-order valence-electron chi connectivity index (χ2n) is 5.73. The highest BCUT2D eigenvalue weighted by Gasteiger charge is 2.28. The highest BCUT2D eigenvalue weighted by atomic mass is 35.5. The highest BCUT2D eigenvalue weighted by Crippen LogP contribution is 2.30. The van der Waals surface area contributed by atoms with E-state index < -0.39 is 10.0 Å². The van der Waals surface area contributed by atoms with Crippen LogP contribution in [0.5, 0.6) is 0 Å². The molecular weight excluding hydrogens is 324 g/mol. The van der Waals surface area contributed by atoms with E-state index in [1.165, 1.54) is 6.33 Å². The Morgan fingerprint density at radius 2 is 2.14 bits per heavy atom. The molecule has 0 saturated heterocycles. The molecule has 8 heteroatoms. The molecule has 2 aromatic rings. The van der Waals surface area contributed by atoms with Gasteiger partial charge in [-0.15, -0.1) is 0 Å². The number of hydrogen-bond acceptors (Lipinski definition) is 5. The Kier molecular flexibility index (Phi) is 4.20. The predicted octanol–water partition coefficient (Wildman–Crippen LogP) is 2.15. The second kappa shape index (κ2) is 5.98. The summed E-state index contributed by atoms with van der Waals surface area (Å²) in [6, 6.07) is 5.68. The third-order valence-corrected chi connectivity index (χ3v) is 5.12. The lowest BCUT2D eigenvalue weighted by Crippen LogP contribution is -2.23. The van der Waals surface area contributed by atoms with Gasteiger partial charge >= 0.3 is 0 Å². The van der Waals surface area contributed by atoms with Crippen LogP contribution in [0.25, 0.3) is 10.9 Å². The van der Waals surface area contributed by atoms with Crippen LogP contribution in [0.15, 0.2) is 24.5 Å². The fraction of sp³-hybridized carbons (Fsp3) is 0.429. The summed E-state index contributed by atoms with van der Waals surface area (Å²) in [6.45, 7) is 0. The van der Waals surface area contributed by atoms with Crippen molar-refractivity contribution in [2.45, 2.75) is 25.3 Å². The molecule has 22 heavy (non-hydrogen) atoms. The van der Waals surface area contributed by atoms with E-state index in [1.54, 1.807) is 12.1 Å². The number of primary sulfonamides is 1. The Morgan fingerprint density at radius 3 is 2.91 bits per heavy atom. The Hall–Kier alpha value is -1.44. The molecule has 2 atom stereocenters. The van der Waals surface area contributed by atoms with E-state index in [1.807, 2.05) is 6.07 Å². The number of fused-ring (bicyclic) bond motifs is 1.